The highest BCUT2D eigenvalue weighted by Gasteiger charge is 2.43. The number of carbonyl (C=O) groups excluding carboxylic acids is 1. The van der Waals surface area contributed by atoms with E-state index in [2.05, 4.69) is 16.2 Å². The van der Waals surface area contributed by atoms with Crippen LogP contribution in [-0.2, 0) is 11.3 Å². The number of ether oxygens (including phenoxy) is 1. The van der Waals surface area contributed by atoms with Crippen molar-refractivity contribution < 1.29 is 9.53 Å². The van der Waals surface area contributed by atoms with Crippen molar-refractivity contribution in [3.05, 3.63) is 59.7 Å². The molecule has 9 heteroatoms. The topological polar surface area (TPSA) is 102 Å². The van der Waals surface area contributed by atoms with Gasteiger partial charge in [-0.3, -0.25) is 20.5 Å². The number of amides is 1. The van der Waals surface area contributed by atoms with E-state index < -0.39 is 0 Å². The first-order chi connectivity index (χ1) is 15.5. The fourth-order valence-corrected chi connectivity index (χ4v) is 4.65. The zero-order valence-corrected chi connectivity index (χ0v) is 19.2. The number of hydrogen-bond donors (Lipinski definition) is 4. The molecule has 0 saturated carbocycles. The Morgan fingerprint density at radius 1 is 1.19 bits per heavy atom. The summed E-state index contributed by atoms with van der Waals surface area (Å²) in [5.41, 5.74) is 9.40. The van der Waals surface area contributed by atoms with Crippen molar-refractivity contribution in [1.29, 1.82) is 5.41 Å². The SMILES string of the molecule is COc1ccc(N2C(=N)C3C(C)NNC3N=C2SCC(=O)NCc2ccc(C)cc2)cc1. The van der Waals surface area contributed by atoms with Gasteiger partial charge in [-0.15, -0.1) is 0 Å². The smallest absolute Gasteiger partial charge is 0.230 e. The zero-order valence-electron chi connectivity index (χ0n) is 18.4. The average Bonchev–Trinajstić information content (AvgIpc) is 3.18. The number of aryl methyl sites for hydroxylation is 1. The van der Waals surface area contributed by atoms with Gasteiger partial charge >= 0.3 is 0 Å². The quantitative estimate of drug-likeness (QED) is 0.538. The second kappa shape index (κ2) is 9.72. The van der Waals surface area contributed by atoms with Crippen LogP contribution in [-0.4, -0.2) is 42.0 Å². The predicted molar refractivity (Wildman–Crippen MR) is 129 cm³/mol. The van der Waals surface area contributed by atoms with Crippen LogP contribution in [0.1, 0.15) is 18.1 Å². The summed E-state index contributed by atoms with van der Waals surface area (Å²) in [7, 11) is 1.62. The highest BCUT2D eigenvalue weighted by atomic mass is 32.2. The molecule has 0 spiro atoms. The molecule has 4 rings (SSSR count). The van der Waals surface area contributed by atoms with Gasteiger partial charge in [0.1, 0.15) is 17.8 Å². The second-order valence-electron chi connectivity index (χ2n) is 7.93. The number of amidine groups is 2. The third-order valence-electron chi connectivity index (χ3n) is 5.61. The van der Waals surface area contributed by atoms with Crippen molar-refractivity contribution >= 4 is 34.4 Å². The number of fused-ring (bicyclic) bond motifs is 1. The monoisotopic (exact) mass is 452 g/mol. The van der Waals surface area contributed by atoms with Crippen LogP contribution in [0, 0.1) is 18.3 Å². The van der Waals surface area contributed by atoms with E-state index in [1.165, 1.54) is 17.3 Å². The van der Waals surface area contributed by atoms with E-state index in [9.17, 15) is 4.79 Å². The number of hydrogen-bond acceptors (Lipinski definition) is 7. The maximum absolute atomic E-state index is 12.5. The lowest BCUT2D eigenvalue weighted by Crippen LogP contribution is -2.50. The molecular weight excluding hydrogens is 424 g/mol. The van der Waals surface area contributed by atoms with Crippen molar-refractivity contribution in [3.63, 3.8) is 0 Å². The molecule has 2 aliphatic rings. The maximum atomic E-state index is 12.5. The van der Waals surface area contributed by atoms with Crippen molar-refractivity contribution in [2.24, 2.45) is 10.9 Å². The van der Waals surface area contributed by atoms with Crippen LogP contribution in [0.15, 0.2) is 53.5 Å². The Kier molecular flexibility index (Phi) is 6.78. The number of nitrogens with one attached hydrogen (secondary N) is 4. The molecule has 3 atom stereocenters. The molecule has 8 nitrogen and oxygen atoms in total. The van der Waals surface area contributed by atoms with Gasteiger partial charge in [0.25, 0.3) is 0 Å². The largest absolute Gasteiger partial charge is 0.497 e. The number of benzene rings is 2. The molecule has 0 aliphatic carbocycles. The van der Waals surface area contributed by atoms with E-state index in [0.717, 1.165) is 17.0 Å². The van der Waals surface area contributed by atoms with Crippen LogP contribution in [0.25, 0.3) is 0 Å². The first-order valence-corrected chi connectivity index (χ1v) is 11.5. The average molecular weight is 453 g/mol. The number of aliphatic imine (C=N–C) groups is 1. The second-order valence-corrected chi connectivity index (χ2v) is 8.87. The number of thioether (sulfide) groups is 1. The summed E-state index contributed by atoms with van der Waals surface area (Å²) in [6.45, 7) is 4.55. The van der Waals surface area contributed by atoms with Gasteiger partial charge in [-0.05, 0) is 43.7 Å². The number of hydrazine groups is 1. The fourth-order valence-electron chi connectivity index (χ4n) is 3.77. The normalized spacial score (nSPS) is 22.3. The van der Waals surface area contributed by atoms with Gasteiger partial charge in [0.15, 0.2) is 5.17 Å². The van der Waals surface area contributed by atoms with Crippen LogP contribution in [0.4, 0.5) is 5.69 Å². The number of nitrogens with zero attached hydrogens (tertiary/aromatic N) is 2. The van der Waals surface area contributed by atoms with Gasteiger partial charge in [0.2, 0.25) is 5.91 Å². The highest BCUT2D eigenvalue weighted by Crippen LogP contribution is 2.32. The molecule has 1 fully saturated rings. The highest BCUT2D eigenvalue weighted by molar-refractivity contribution is 8.14. The van der Waals surface area contributed by atoms with Gasteiger partial charge in [0, 0.05) is 18.3 Å². The number of carbonyl (C=O) groups is 1. The maximum Gasteiger partial charge on any atom is 0.230 e. The van der Waals surface area contributed by atoms with Gasteiger partial charge in [0.05, 0.1) is 18.8 Å². The van der Waals surface area contributed by atoms with Gasteiger partial charge < -0.3 is 10.1 Å². The van der Waals surface area contributed by atoms with Gasteiger partial charge in [-0.1, -0.05) is 41.6 Å². The minimum atomic E-state index is -0.231. The minimum absolute atomic E-state index is 0.0707. The molecule has 2 aromatic rings. The third kappa shape index (κ3) is 4.79. The molecular formula is C23H28N6O2S. The Morgan fingerprint density at radius 3 is 2.59 bits per heavy atom. The summed E-state index contributed by atoms with van der Waals surface area (Å²) in [6.07, 6.45) is -0.231. The van der Waals surface area contributed by atoms with Crippen LogP contribution < -0.4 is 25.8 Å². The number of methoxy groups -OCH3 is 1. The Balaban J connectivity index is 1.47. The Bertz CT molecular complexity index is 1010. The van der Waals surface area contributed by atoms with Crippen molar-refractivity contribution in [2.45, 2.75) is 32.6 Å². The lowest BCUT2D eigenvalue weighted by Gasteiger charge is -2.35. The molecule has 2 aliphatic heterocycles. The third-order valence-corrected chi connectivity index (χ3v) is 6.56. The van der Waals surface area contributed by atoms with E-state index in [1.54, 1.807) is 7.11 Å². The summed E-state index contributed by atoms with van der Waals surface area (Å²) < 4.78 is 5.26. The van der Waals surface area contributed by atoms with Crippen LogP contribution >= 0.6 is 11.8 Å². The van der Waals surface area contributed by atoms with Crippen molar-refractivity contribution in [3.8, 4) is 5.75 Å². The van der Waals surface area contributed by atoms with Crippen LogP contribution in [0.3, 0.4) is 0 Å². The molecule has 1 amide bonds. The van der Waals surface area contributed by atoms with E-state index in [0.29, 0.717) is 17.5 Å². The van der Waals surface area contributed by atoms with Crippen LogP contribution in [0.2, 0.25) is 0 Å². The van der Waals surface area contributed by atoms with Crippen molar-refractivity contribution in [1.82, 2.24) is 16.2 Å². The Hall–Kier alpha value is -2.88. The fraction of sp³-hybridized carbons (Fsp3) is 0.348. The molecule has 2 aromatic carbocycles. The summed E-state index contributed by atoms with van der Waals surface area (Å²) >= 11 is 1.33. The molecule has 2 heterocycles. The summed E-state index contributed by atoms with van der Waals surface area (Å²) in [6, 6.07) is 15.7. The molecule has 0 radical (unpaired) electrons. The molecule has 0 aromatic heterocycles. The summed E-state index contributed by atoms with van der Waals surface area (Å²) in [5, 5.41) is 12.5. The molecule has 4 N–H and O–H groups in total. The zero-order chi connectivity index (χ0) is 22.7. The van der Waals surface area contributed by atoms with Crippen molar-refractivity contribution in [2.75, 3.05) is 17.8 Å². The molecule has 32 heavy (non-hydrogen) atoms. The summed E-state index contributed by atoms with van der Waals surface area (Å²) in [5.74, 6) is 1.23. The number of rotatable bonds is 6. The lowest BCUT2D eigenvalue weighted by atomic mass is 9.97. The molecule has 168 valence electrons. The minimum Gasteiger partial charge on any atom is -0.497 e. The first-order valence-electron chi connectivity index (χ1n) is 10.5. The lowest BCUT2D eigenvalue weighted by molar-refractivity contribution is -0.118. The van der Waals surface area contributed by atoms with Crippen LogP contribution in [0.5, 0.6) is 5.75 Å². The van der Waals surface area contributed by atoms with E-state index in [-0.39, 0.29) is 29.8 Å². The van der Waals surface area contributed by atoms with Gasteiger partial charge in [-0.25, -0.2) is 10.4 Å². The Morgan fingerprint density at radius 2 is 1.91 bits per heavy atom. The molecule has 0 bridgehead atoms. The van der Waals surface area contributed by atoms with E-state index in [4.69, 9.17) is 15.1 Å². The summed E-state index contributed by atoms with van der Waals surface area (Å²) in [4.78, 5) is 19.2. The first kappa shape index (κ1) is 22.3. The van der Waals surface area contributed by atoms with E-state index >= 15 is 0 Å². The van der Waals surface area contributed by atoms with E-state index in [1.807, 2.05) is 67.3 Å². The van der Waals surface area contributed by atoms with Gasteiger partial charge in [-0.2, -0.15) is 0 Å². The predicted octanol–water partition coefficient (Wildman–Crippen LogP) is 2.65. The number of anilines is 1. The molecule has 3 unspecified atom stereocenters. The standard InChI is InChI=1S/C23H28N6O2S/c1-14-4-6-16(7-5-14)12-25-19(30)13-32-23-26-22-20(15(2)27-28-22)21(24)29(23)17-8-10-18(31-3)11-9-17/h4-11,15,20,22,24,27-28H,12-13H2,1-3H3,(H,25,30). The molecule has 1 saturated heterocycles. The Labute approximate surface area is 192 Å².